The van der Waals surface area contributed by atoms with Crippen molar-refractivity contribution in [2.24, 2.45) is 0 Å². The molecule has 3 saturated carbocycles. The van der Waals surface area contributed by atoms with Gasteiger partial charge in [-0.15, -0.1) is 0 Å². The first-order valence-electron chi connectivity index (χ1n) is 11.8. The molecule has 3 fully saturated rings. The Morgan fingerprint density at radius 1 is 0.680 bits per heavy atom. The van der Waals surface area contributed by atoms with Crippen LogP contribution in [0.15, 0.2) is 0 Å². The molecule has 0 spiro atoms. The highest BCUT2D eigenvalue weighted by Gasteiger charge is 2.50. The van der Waals surface area contributed by atoms with E-state index in [1.54, 1.807) is 0 Å². The zero-order valence-electron chi connectivity index (χ0n) is 17.2. The van der Waals surface area contributed by atoms with E-state index >= 15 is 0 Å². The molecule has 0 atom stereocenters. The Balaban J connectivity index is 1.79. The SMILES string of the molecule is CC[Si](O[Si](CC)(C1CCCCC1)C1CCCCC1)C1CCCCC1. The minimum Gasteiger partial charge on any atom is -0.455 e. The third-order valence-corrected chi connectivity index (χ3v) is 17.7. The summed E-state index contributed by atoms with van der Waals surface area (Å²) in [6.07, 6.45) is 22.4. The van der Waals surface area contributed by atoms with E-state index in [4.69, 9.17) is 4.12 Å². The average Bonchev–Trinajstić information content (AvgIpc) is 2.71. The second-order valence-electron chi connectivity index (χ2n) is 9.24. The van der Waals surface area contributed by atoms with Crippen LogP contribution in [0.3, 0.4) is 0 Å². The molecular formula is C22H43OSi2. The summed E-state index contributed by atoms with van der Waals surface area (Å²) in [5.41, 5.74) is 2.99. The third kappa shape index (κ3) is 4.82. The molecule has 25 heavy (non-hydrogen) atoms. The van der Waals surface area contributed by atoms with Crippen LogP contribution in [0.4, 0.5) is 0 Å². The Morgan fingerprint density at radius 2 is 1.12 bits per heavy atom. The van der Waals surface area contributed by atoms with Gasteiger partial charge < -0.3 is 4.12 Å². The first kappa shape index (κ1) is 20.1. The number of hydrogen-bond donors (Lipinski definition) is 0. The van der Waals surface area contributed by atoms with Gasteiger partial charge in [0.15, 0.2) is 8.32 Å². The Bertz CT molecular complexity index is 350. The third-order valence-electron chi connectivity index (χ3n) is 7.88. The molecule has 0 aromatic heterocycles. The molecule has 0 saturated heterocycles. The summed E-state index contributed by atoms with van der Waals surface area (Å²) in [5.74, 6) is 0. The first-order valence-corrected chi connectivity index (χ1v) is 15.8. The number of hydrogen-bond acceptors (Lipinski definition) is 1. The van der Waals surface area contributed by atoms with Gasteiger partial charge in [0, 0.05) is 0 Å². The lowest BCUT2D eigenvalue weighted by atomic mass is 9.99. The van der Waals surface area contributed by atoms with E-state index in [0.29, 0.717) is 0 Å². The van der Waals surface area contributed by atoms with Gasteiger partial charge in [-0.25, -0.2) is 0 Å². The van der Waals surface area contributed by atoms with Gasteiger partial charge in [0.2, 0.25) is 9.04 Å². The fourth-order valence-corrected chi connectivity index (χ4v) is 17.8. The quantitative estimate of drug-likeness (QED) is 0.407. The van der Waals surface area contributed by atoms with Crippen molar-refractivity contribution in [2.75, 3.05) is 0 Å². The highest BCUT2D eigenvalue weighted by molar-refractivity contribution is 6.82. The summed E-state index contributed by atoms with van der Waals surface area (Å²) < 4.78 is 7.60. The second kappa shape index (κ2) is 10.1. The molecule has 3 rings (SSSR count). The maximum atomic E-state index is 7.60. The Kier molecular flexibility index (Phi) is 8.12. The fourth-order valence-electron chi connectivity index (χ4n) is 6.44. The molecule has 1 radical (unpaired) electrons. The molecule has 0 aromatic carbocycles. The molecule has 3 heteroatoms. The molecule has 0 heterocycles. The van der Waals surface area contributed by atoms with E-state index in [1.165, 1.54) is 108 Å². The van der Waals surface area contributed by atoms with Crippen LogP contribution in [0, 0.1) is 0 Å². The van der Waals surface area contributed by atoms with Gasteiger partial charge in [-0.2, -0.15) is 0 Å². The topological polar surface area (TPSA) is 9.23 Å². The predicted octanol–water partition coefficient (Wildman–Crippen LogP) is 7.98. The van der Waals surface area contributed by atoms with Gasteiger partial charge in [-0.05, 0) is 28.7 Å². The van der Waals surface area contributed by atoms with Gasteiger partial charge >= 0.3 is 0 Å². The molecular weight excluding hydrogens is 336 g/mol. The maximum Gasteiger partial charge on any atom is 0.201 e. The van der Waals surface area contributed by atoms with Crippen molar-refractivity contribution in [1.82, 2.24) is 0 Å². The molecule has 0 aliphatic heterocycles. The summed E-state index contributed by atoms with van der Waals surface area (Å²) in [6, 6.07) is 2.78. The van der Waals surface area contributed by atoms with Crippen LogP contribution < -0.4 is 0 Å². The molecule has 1 nitrogen and oxygen atoms in total. The van der Waals surface area contributed by atoms with E-state index in [1.807, 2.05) is 0 Å². The van der Waals surface area contributed by atoms with Crippen LogP contribution >= 0.6 is 0 Å². The summed E-state index contributed by atoms with van der Waals surface area (Å²) >= 11 is 0. The minimum absolute atomic E-state index is 0.588. The zero-order valence-corrected chi connectivity index (χ0v) is 19.2. The summed E-state index contributed by atoms with van der Waals surface area (Å²) in [6.45, 7) is 4.99. The molecule has 0 aromatic rings. The van der Waals surface area contributed by atoms with Crippen molar-refractivity contribution in [3.05, 3.63) is 0 Å². The van der Waals surface area contributed by atoms with E-state index in [0.717, 1.165) is 16.6 Å². The summed E-state index contributed by atoms with van der Waals surface area (Å²) in [7, 11) is -2.18. The molecule has 145 valence electrons. The molecule has 0 bridgehead atoms. The van der Waals surface area contributed by atoms with Crippen molar-refractivity contribution in [2.45, 2.75) is 139 Å². The molecule has 0 unspecified atom stereocenters. The normalized spacial score (nSPS) is 25.6. The average molecular weight is 380 g/mol. The van der Waals surface area contributed by atoms with Crippen molar-refractivity contribution in [1.29, 1.82) is 0 Å². The maximum absolute atomic E-state index is 7.60. The number of rotatable bonds is 7. The van der Waals surface area contributed by atoms with Gasteiger partial charge in [0.25, 0.3) is 0 Å². The highest BCUT2D eigenvalue weighted by atomic mass is 28.4. The minimum atomic E-state index is -1.59. The van der Waals surface area contributed by atoms with Crippen LogP contribution in [0.2, 0.25) is 28.7 Å². The summed E-state index contributed by atoms with van der Waals surface area (Å²) in [5, 5.41) is 0. The smallest absolute Gasteiger partial charge is 0.201 e. The van der Waals surface area contributed by atoms with Crippen molar-refractivity contribution < 1.29 is 4.12 Å². The fraction of sp³-hybridized carbons (Fsp3) is 1.00. The lowest BCUT2D eigenvalue weighted by Crippen LogP contribution is -2.53. The van der Waals surface area contributed by atoms with Crippen LogP contribution in [-0.2, 0) is 4.12 Å². The lowest BCUT2D eigenvalue weighted by molar-refractivity contribution is 0.370. The molecule has 3 aliphatic rings. The van der Waals surface area contributed by atoms with Crippen LogP contribution in [-0.4, -0.2) is 17.4 Å². The standard InChI is InChI=1S/C22H43OSi2/c1-3-24(20-14-8-5-9-15-20)23-25(4-2,21-16-10-6-11-17-21)22-18-12-7-13-19-22/h20-22H,3-19H2,1-2H3. The highest BCUT2D eigenvalue weighted by Crippen LogP contribution is 2.52. The van der Waals surface area contributed by atoms with Crippen LogP contribution in [0.1, 0.15) is 110 Å². The molecule has 0 amide bonds. The lowest BCUT2D eigenvalue weighted by Gasteiger charge is -2.49. The van der Waals surface area contributed by atoms with Crippen LogP contribution in [0.5, 0.6) is 0 Å². The van der Waals surface area contributed by atoms with Crippen LogP contribution in [0.25, 0.3) is 0 Å². The summed E-state index contributed by atoms with van der Waals surface area (Å²) in [4.78, 5) is 0. The zero-order chi connectivity index (χ0) is 17.5. The van der Waals surface area contributed by atoms with Gasteiger partial charge in [0.05, 0.1) is 0 Å². The Morgan fingerprint density at radius 3 is 1.52 bits per heavy atom. The first-order chi connectivity index (χ1) is 12.3. The van der Waals surface area contributed by atoms with E-state index < -0.39 is 17.4 Å². The van der Waals surface area contributed by atoms with Gasteiger partial charge in [-0.1, -0.05) is 110 Å². The second-order valence-corrected chi connectivity index (χ2v) is 16.8. The van der Waals surface area contributed by atoms with E-state index in [9.17, 15) is 0 Å². The van der Waals surface area contributed by atoms with E-state index in [2.05, 4.69) is 13.8 Å². The van der Waals surface area contributed by atoms with E-state index in [-0.39, 0.29) is 0 Å². The predicted molar refractivity (Wildman–Crippen MR) is 114 cm³/mol. The van der Waals surface area contributed by atoms with Gasteiger partial charge in [-0.3, -0.25) is 0 Å². The van der Waals surface area contributed by atoms with Crippen molar-refractivity contribution in [3.8, 4) is 0 Å². The Labute approximate surface area is 160 Å². The molecule has 0 N–H and O–H groups in total. The Hall–Kier alpha value is 0.394. The largest absolute Gasteiger partial charge is 0.455 e. The van der Waals surface area contributed by atoms with Crippen molar-refractivity contribution in [3.63, 3.8) is 0 Å². The van der Waals surface area contributed by atoms with Crippen molar-refractivity contribution >= 4 is 17.4 Å². The molecule has 3 aliphatic carbocycles. The monoisotopic (exact) mass is 379 g/mol. The van der Waals surface area contributed by atoms with Gasteiger partial charge in [0.1, 0.15) is 0 Å².